The van der Waals surface area contributed by atoms with Crippen LogP contribution in [-0.2, 0) is 9.59 Å². The second-order valence-corrected chi connectivity index (χ2v) is 10.4. The highest BCUT2D eigenvalue weighted by Gasteiger charge is 2.76. The normalized spacial score (nSPS) is 52.7. The Morgan fingerprint density at radius 1 is 1.30 bits per heavy atom. The van der Waals surface area contributed by atoms with Gasteiger partial charge < -0.3 is 15.3 Å². The minimum atomic E-state index is -2.33. The number of hydrogen-bond donors (Lipinski definition) is 3. The van der Waals surface area contributed by atoms with Crippen molar-refractivity contribution in [1.82, 2.24) is 0 Å². The summed E-state index contributed by atoms with van der Waals surface area (Å²) in [5, 5.41) is 31.7. The fourth-order valence-corrected chi connectivity index (χ4v) is 7.58. The molecule has 0 spiro atoms. The standard InChI is InChI=1S/C22H27ClF2O5/c1-10-4-11-12-5-15(24)13-6-16(27)14(23)7-19(13,2)21(12,25)17(28)8-20(11,3)22(10,30)18(29)9-26/h6-7,10-12,15,17,26,28,30H,4-5,8-9H2,1-3H3/t10?,11-,12-,15?,17?,19-,20-,21-,22-/m0/s1. The van der Waals surface area contributed by atoms with E-state index in [1.165, 1.54) is 13.0 Å². The molecule has 0 heterocycles. The number of ketones is 2. The first-order chi connectivity index (χ1) is 13.8. The monoisotopic (exact) mass is 444 g/mol. The summed E-state index contributed by atoms with van der Waals surface area (Å²) < 4.78 is 32.3. The van der Waals surface area contributed by atoms with Crippen molar-refractivity contribution in [2.75, 3.05) is 6.61 Å². The predicted molar refractivity (Wildman–Crippen MR) is 105 cm³/mol. The molecular formula is C22H27ClF2O5. The molecule has 4 aliphatic rings. The lowest BCUT2D eigenvalue weighted by Crippen LogP contribution is -2.70. The van der Waals surface area contributed by atoms with Crippen LogP contribution < -0.4 is 0 Å². The molecular weight excluding hydrogens is 418 g/mol. The van der Waals surface area contributed by atoms with Gasteiger partial charge in [0.15, 0.2) is 17.2 Å². The van der Waals surface area contributed by atoms with E-state index in [4.69, 9.17) is 11.6 Å². The lowest BCUT2D eigenvalue weighted by Gasteiger charge is -2.63. The van der Waals surface area contributed by atoms with Gasteiger partial charge >= 0.3 is 0 Å². The number of allylic oxidation sites excluding steroid dienone is 4. The van der Waals surface area contributed by atoms with E-state index in [0.717, 1.165) is 6.08 Å². The average Bonchev–Trinajstić information content (AvgIpc) is 2.87. The number of carbonyl (C=O) groups is 2. The second kappa shape index (κ2) is 6.44. The number of fused-ring (bicyclic) bond motifs is 5. The Labute approximate surface area is 178 Å². The molecule has 166 valence electrons. The van der Waals surface area contributed by atoms with Crippen molar-refractivity contribution in [1.29, 1.82) is 0 Å². The first kappa shape index (κ1) is 22.1. The average molecular weight is 445 g/mol. The molecule has 4 rings (SSSR count). The highest BCUT2D eigenvalue weighted by atomic mass is 35.5. The largest absolute Gasteiger partial charge is 0.390 e. The van der Waals surface area contributed by atoms with Crippen LogP contribution in [0.25, 0.3) is 0 Å². The lowest BCUT2D eigenvalue weighted by atomic mass is 9.44. The summed E-state index contributed by atoms with van der Waals surface area (Å²) >= 11 is 6.02. The molecule has 3 fully saturated rings. The quantitative estimate of drug-likeness (QED) is 0.608. The van der Waals surface area contributed by atoms with Crippen LogP contribution in [0, 0.1) is 28.6 Å². The molecule has 8 heteroatoms. The molecule has 9 atom stereocenters. The van der Waals surface area contributed by atoms with Gasteiger partial charge in [0.2, 0.25) is 0 Å². The first-order valence-electron chi connectivity index (χ1n) is 10.3. The maximum atomic E-state index is 17.0. The maximum Gasteiger partial charge on any atom is 0.196 e. The van der Waals surface area contributed by atoms with E-state index < -0.39 is 70.3 Å². The van der Waals surface area contributed by atoms with Crippen molar-refractivity contribution in [3.8, 4) is 0 Å². The van der Waals surface area contributed by atoms with Crippen LogP contribution in [-0.4, -0.2) is 57.0 Å². The Balaban J connectivity index is 1.89. The topological polar surface area (TPSA) is 94.8 Å². The van der Waals surface area contributed by atoms with Crippen LogP contribution >= 0.6 is 11.6 Å². The van der Waals surface area contributed by atoms with Gasteiger partial charge in [-0.05, 0) is 55.7 Å². The zero-order chi connectivity index (χ0) is 22.4. The van der Waals surface area contributed by atoms with E-state index >= 15 is 8.78 Å². The Morgan fingerprint density at radius 3 is 2.53 bits per heavy atom. The number of aliphatic hydroxyl groups excluding tert-OH is 2. The lowest BCUT2D eigenvalue weighted by molar-refractivity contribution is -0.223. The van der Waals surface area contributed by atoms with Gasteiger partial charge in [-0.15, -0.1) is 0 Å². The summed E-state index contributed by atoms with van der Waals surface area (Å²) in [4.78, 5) is 24.6. The van der Waals surface area contributed by atoms with E-state index in [2.05, 4.69) is 0 Å². The van der Waals surface area contributed by atoms with Crippen molar-refractivity contribution in [3.05, 3.63) is 22.8 Å². The van der Waals surface area contributed by atoms with Crippen molar-refractivity contribution in [3.63, 3.8) is 0 Å². The molecule has 0 saturated heterocycles. The van der Waals surface area contributed by atoms with Crippen LogP contribution in [0.3, 0.4) is 0 Å². The van der Waals surface area contributed by atoms with E-state index in [9.17, 15) is 24.9 Å². The zero-order valence-electron chi connectivity index (χ0n) is 17.2. The zero-order valence-corrected chi connectivity index (χ0v) is 17.9. The molecule has 0 aromatic heterocycles. The third kappa shape index (κ3) is 2.27. The third-order valence-electron chi connectivity index (χ3n) is 8.84. The van der Waals surface area contributed by atoms with Crippen LogP contribution in [0.15, 0.2) is 22.8 Å². The number of aliphatic hydroxyl groups is 3. The smallest absolute Gasteiger partial charge is 0.196 e. The number of rotatable bonds is 2. The minimum Gasteiger partial charge on any atom is -0.390 e. The van der Waals surface area contributed by atoms with Gasteiger partial charge in [0.05, 0.1) is 11.1 Å². The van der Waals surface area contributed by atoms with Crippen molar-refractivity contribution in [2.45, 2.75) is 63.6 Å². The molecule has 3 saturated carbocycles. The summed E-state index contributed by atoms with van der Waals surface area (Å²) in [5.41, 5.74) is -7.19. The molecule has 0 amide bonds. The highest BCUT2D eigenvalue weighted by molar-refractivity contribution is 6.44. The molecule has 4 aliphatic carbocycles. The van der Waals surface area contributed by atoms with E-state index in [0.29, 0.717) is 0 Å². The summed E-state index contributed by atoms with van der Waals surface area (Å²) in [7, 11) is 0. The van der Waals surface area contributed by atoms with Crippen molar-refractivity contribution < 1.29 is 33.7 Å². The van der Waals surface area contributed by atoms with E-state index in [1.807, 2.05) is 0 Å². The third-order valence-corrected chi connectivity index (χ3v) is 9.13. The molecule has 0 radical (unpaired) electrons. The fraction of sp³-hybridized carbons (Fsp3) is 0.727. The van der Waals surface area contributed by atoms with Gasteiger partial charge in [0.25, 0.3) is 0 Å². The highest BCUT2D eigenvalue weighted by Crippen LogP contribution is 2.71. The van der Waals surface area contributed by atoms with Gasteiger partial charge in [-0.2, -0.15) is 0 Å². The molecule has 0 aromatic rings. The summed E-state index contributed by atoms with van der Waals surface area (Å²) in [6.45, 7) is 3.84. The van der Waals surface area contributed by atoms with E-state index in [-0.39, 0.29) is 29.9 Å². The summed E-state index contributed by atoms with van der Waals surface area (Å²) in [6.07, 6.45) is -1.28. The number of halogens is 3. The number of hydrogen-bond acceptors (Lipinski definition) is 5. The van der Waals surface area contributed by atoms with Gasteiger partial charge in [0.1, 0.15) is 18.4 Å². The number of Topliss-reactive ketones (excluding diaryl/α,β-unsaturated/α-hetero) is 1. The number of alkyl halides is 2. The molecule has 3 unspecified atom stereocenters. The second-order valence-electron chi connectivity index (χ2n) is 9.96. The molecule has 0 aliphatic heterocycles. The Kier molecular flexibility index (Phi) is 4.73. The van der Waals surface area contributed by atoms with Gasteiger partial charge in [-0.3, -0.25) is 9.59 Å². The fourth-order valence-electron chi connectivity index (χ4n) is 7.31. The van der Waals surface area contributed by atoms with Crippen molar-refractivity contribution in [2.24, 2.45) is 28.6 Å². The molecule has 5 nitrogen and oxygen atoms in total. The molecule has 0 bridgehead atoms. The van der Waals surface area contributed by atoms with Crippen molar-refractivity contribution >= 4 is 23.2 Å². The maximum absolute atomic E-state index is 17.0. The van der Waals surface area contributed by atoms with Gasteiger partial charge in [0, 0.05) is 16.7 Å². The molecule has 3 N–H and O–H groups in total. The summed E-state index contributed by atoms with van der Waals surface area (Å²) in [5.74, 6) is -3.59. The predicted octanol–water partition coefficient (Wildman–Crippen LogP) is 2.41. The molecule has 0 aromatic carbocycles. The van der Waals surface area contributed by atoms with Crippen LogP contribution in [0.1, 0.15) is 40.0 Å². The van der Waals surface area contributed by atoms with Crippen LogP contribution in [0.2, 0.25) is 0 Å². The SMILES string of the molecule is CC1C[C@H]2[C@@H]3CC(F)C4=CC(=O)C(Cl)=C[C@]4(C)[C@@]3(F)C(O)C[C@]2(C)[C@@]1(O)C(=O)CO. The van der Waals surface area contributed by atoms with Gasteiger partial charge in [-0.1, -0.05) is 25.4 Å². The Hall–Kier alpha value is -1.15. The van der Waals surface area contributed by atoms with E-state index in [1.54, 1.807) is 13.8 Å². The summed E-state index contributed by atoms with van der Waals surface area (Å²) in [6, 6.07) is 0. The number of carbonyl (C=O) groups excluding carboxylic acids is 2. The Bertz CT molecular complexity index is 889. The Morgan fingerprint density at radius 2 is 1.93 bits per heavy atom. The first-order valence-corrected chi connectivity index (χ1v) is 10.7. The van der Waals surface area contributed by atoms with Crippen LogP contribution in [0.5, 0.6) is 0 Å². The molecule has 30 heavy (non-hydrogen) atoms. The minimum absolute atomic E-state index is 0.0361. The van der Waals surface area contributed by atoms with Crippen LogP contribution in [0.4, 0.5) is 8.78 Å². The van der Waals surface area contributed by atoms with Gasteiger partial charge in [-0.25, -0.2) is 8.78 Å².